The fraction of sp³-hybridized carbons (Fsp3) is 0.200. The standard InChI is InChI=1S/C5H5ClN2OS/c1-9-4(7)5-8-2-3(6)10-5/h2,7H,1H3. The number of nitrogens with one attached hydrogen (secondary N) is 1. The Labute approximate surface area is 67.1 Å². The van der Waals surface area contributed by atoms with Crippen LogP contribution in [-0.4, -0.2) is 18.0 Å². The largest absolute Gasteiger partial charge is 0.479 e. The number of halogens is 1. The molecule has 0 atom stereocenters. The van der Waals surface area contributed by atoms with Gasteiger partial charge in [-0.3, -0.25) is 5.41 Å². The fourth-order valence-corrected chi connectivity index (χ4v) is 1.29. The molecule has 0 aromatic carbocycles. The first kappa shape index (κ1) is 7.50. The van der Waals surface area contributed by atoms with Gasteiger partial charge in [0.15, 0.2) is 5.01 Å². The van der Waals surface area contributed by atoms with Gasteiger partial charge in [0, 0.05) is 0 Å². The van der Waals surface area contributed by atoms with Crippen LogP contribution in [-0.2, 0) is 4.74 Å². The van der Waals surface area contributed by atoms with Gasteiger partial charge < -0.3 is 4.74 Å². The van der Waals surface area contributed by atoms with Crippen molar-refractivity contribution in [1.29, 1.82) is 5.41 Å². The van der Waals surface area contributed by atoms with E-state index < -0.39 is 0 Å². The zero-order chi connectivity index (χ0) is 7.56. The molecule has 0 spiro atoms. The van der Waals surface area contributed by atoms with Gasteiger partial charge in [-0.05, 0) is 0 Å². The van der Waals surface area contributed by atoms with Gasteiger partial charge in [0.25, 0.3) is 0 Å². The maximum absolute atomic E-state index is 7.16. The molecule has 0 aliphatic heterocycles. The number of ether oxygens (including phenoxy) is 1. The molecule has 1 rings (SSSR count). The lowest BCUT2D eigenvalue weighted by atomic mass is 10.7. The molecule has 0 radical (unpaired) electrons. The van der Waals surface area contributed by atoms with Crippen molar-refractivity contribution in [2.24, 2.45) is 0 Å². The quantitative estimate of drug-likeness (QED) is 0.524. The van der Waals surface area contributed by atoms with E-state index in [1.54, 1.807) is 0 Å². The molecular formula is C5H5ClN2OS. The second-order valence-corrected chi connectivity index (χ2v) is 3.16. The lowest BCUT2D eigenvalue weighted by Gasteiger charge is -1.93. The van der Waals surface area contributed by atoms with Crippen LogP contribution in [0.15, 0.2) is 6.20 Å². The minimum Gasteiger partial charge on any atom is -0.479 e. The molecule has 1 heterocycles. The maximum Gasteiger partial charge on any atom is 0.242 e. The molecule has 54 valence electrons. The molecule has 1 aromatic heterocycles. The van der Waals surface area contributed by atoms with E-state index in [4.69, 9.17) is 17.0 Å². The van der Waals surface area contributed by atoms with E-state index in [2.05, 4.69) is 9.72 Å². The normalized spacial score (nSPS) is 9.40. The van der Waals surface area contributed by atoms with Gasteiger partial charge in [0.2, 0.25) is 5.90 Å². The Morgan fingerprint density at radius 3 is 3.00 bits per heavy atom. The van der Waals surface area contributed by atoms with Crippen molar-refractivity contribution in [2.45, 2.75) is 0 Å². The molecule has 0 aliphatic carbocycles. The second-order valence-electron chi connectivity index (χ2n) is 1.50. The van der Waals surface area contributed by atoms with Crippen LogP contribution in [0.25, 0.3) is 0 Å². The van der Waals surface area contributed by atoms with E-state index in [0.717, 1.165) is 0 Å². The van der Waals surface area contributed by atoms with Gasteiger partial charge in [0.05, 0.1) is 13.3 Å². The summed E-state index contributed by atoms with van der Waals surface area (Å²) in [5.41, 5.74) is 0. The second kappa shape index (κ2) is 2.98. The number of methoxy groups -OCH3 is 1. The monoisotopic (exact) mass is 176 g/mol. The SMILES string of the molecule is COC(=N)c1ncc(Cl)s1. The van der Waals surface area contributed by atoms with Crippen LogP contribution in [0.1, 0.15) is 5.01 Å². The van der Waals surface area contributed by atoms with Crippen molar-refractivity contribution in [2.75, 3.05) is 7.11 Å². The highest BCUT2D eigenvalue weighted by atomic mass is 35.5. The highest BCUT2D eigenvalue weighted by Gasteiger charge is 2.04. The molecule has 0 saturated carbocycles. The van der Waals surface area contributed by atoms with Crippen LogP contribution in [0, 0.1) is 5.41 Å². The average Bonchev–Trinajstić information content (AvgIpc) is 2.34. The Morgan fingerprint density at radius 1 is 1.90 bits per heavy atom. The summed E-state index contributed by atoms with van der Waals surface area (Å²) in [6.45, 7) is 0. The molecule has 1 N–H and O–H groups in total. The molecule has 0 unspecified atom stereocenters. The third-order valence-electron chi connectivity index (χ3n) is 0.876. The summed E-state index contributed by atoms with van der Waals surface area (Å²) in [4.78, 5) is 3.82. The van der Waals surface area contributed by atoms with E-state index in [1.165, 1.54) is 24.6 Å². The van der Waals surface area contributed by atoms with Crippen molar-refractivity contribution in [3.8, 4) is 0 Å². The van der Waals surface area contributed by atoms with Crippen LogP contribution in [0.4, 0.5) is 0 Å². The number of hydrogen-bond donors (Lipinski definition) is 1. The maximum atomic E-state index is 7.16. The van der Waals surface area contributed by atoms with E-state index in [1.807, 2.05) is 0 Å². The zero-order valence-electron chi connectivity index (χ0n) is 5.22. The first-order valence-corrected chi connectivity index (χ1v) is 3.67. The summed E-state index contributed by atoms with van der Waals surface area (Å²) in [6, 6.07) is 0. The van der Waals surface area contributed by atoms with Gasteiger partial charge in [0.1, 0.15) is 4.34 Å². The molecule has 0 saturated heterocycles. The summed E-state index contributed by atoms with van der Waals surface area (Å²) in [7, 11) is 1.43. The Kier molecular flexibility index (Phi) is 2.24. The van der Waals surface area contributed by atoms with Crippen LogP contribution in [0.3, 0.4) is 0 Å². The van der Waals surface area contributed by atoms with E-state index in [9.17, 15) is 0 Å². The van der Waals surface area contributed by atoms with Crippen LogP contribution >= 0.6 is 22.9 Å². The summed E-state index contributed by atoms with van der Waals surface area (Å²) < 4.78 is 5.19. The van der Waals surface area contributed by atoms with Crippen molar-refractivity contribution < 1.29 is 4.74 Å². The summed E-state index contributed by atoms with van der Waals surface area (Å²) in [6.07, 6.45) is 1.50. The van der Waals surface area contributed by atoms with E-state index >= 15 is 0 Å². The third kappa shape index (κ3) is 1.46. The summed E-state index contributed by atoms with van der Waals surface area (Å²) in [5, 5.41) is 7.67. The molecular weight excluding hydrogens is 172 g/mol. The van der Waals surface area contributed by atoms with E-state index in [0.29, 0.717) is 9.34 Å². The highest BCUT2D eigenvalue weighted by molar-refractivity contribution is 7.17. The summed E-state index contributed by atoms with van der Waals surface area (Å²) >= 11 is 6.79. The predicted octanol–water partition coefficient (Wildman–Crippen LogP) is 1.77. The fourth-order valence-electron chi connectivity index (χ4n) is 0.447. The van der Waals surface area contributed by atoms with Gasteiger partial charge >= 0.3 is 0 Å². The van der Waals surface area contributed by atoms with Crippen LogP contribution in [0.5, 0.6) is 0 Å². The average molecular weight is 177 g/mol. The van der Waals surface area contributed by atoms with Gasteiger partial charge in [-0.1, -0.05) is 22.9 Å². The number of thiazole rings is 1. The number of hydrogen-bond acceptors (Lipinski definition) is 4. The molecule has 0 amide bonds. The molecule has 0 bridgehead atoms. The number of aromatic nitrogens is 1. The van der Waals surface area contributed by atoms with E-state index in [-0.39, 0.29) is 5.90 Å². The minimum absolute atomic E-state index is 0.0527. The minimum atomic E-state index is 0.0527. The van der Waals surface area contributed by atoms with Crippen molar-refractivity contribution in [3.63, 3.8) is 0 Å². The molecule has 10 heavy (non-hydrogen) atoms. The third-order valence-corrected chi connectivity index (χ3v) is 1.99. The Bertz CT molecular complexity index is 248. The Hall–Kier alpha value is -0.610. The number of nitrogens with zero attached hydrogens (tertiary/aromatic N) is 1. The topological polar surface area (TPSA) is 46.0 Å². The smallest absolute Gasteiger partial charge is 0.242 e. The van der Waals surface area contributed by atoms with Gasteiger partial charge in [-0.15, -0.1) is 0 Å². The lowest BCUT2D eigenvalue weighted by Crippen LogP contribution is -1.99. The van der Waals surface area contributed by atoms with Crippen LogP contribution in [0.2, 0.25) is 4.34 Å². The molecule has 0 aliphatic rings. The first-order chi connectivity index (χ1) is 4.74. The number of rotatable bonds is 1. The molecule has 3 nitrogen and oxygen atoms in total. The lowest BCUT2D eigenvalue weighted by molar-refractivity contribution is 0.401. The molecule has 1 aromatic rings. The first-order valence-electron chi connectivity index (χ1n) is 2.48. The molecule has 0 fully saturated rings. The Morgan fingerprint density at radius 2 is 2.60 bits per heavy atom. The highest BCUT2D eigenvalue weighted by Crippen LogP contribution is 2.18. The van der Waals surface area contributed by atoms with Gasteiger partial charge in [-0.25, -0.2) is 4.98 Å². The summed E-state index contributed by atoms with van der Waals surface area (Å²) in [5.74, 6) is 0.0527. The zero-order valence-corrected chi connectivity index (χ0v) is 6.79. The predicted molar refractivity (Wildman–Crippen MR) is 41.0 cm³/mol. The van der Waals surface area contributed by atoms with Crippen molar-refractivity contribution in [1.82, 2.24) is 4.98 Å². The van der Waals surface area contributed by atoms with Crippen molar-refractivity contribution in [3.05, 3.63) is 15.5 Å². The van der Waals surface area contributed by atoms with Gasteiger partial charge in [-0.2, -0.15) is 0 Å². The Balaban J connectivity index is 2.85. The van der Waals surface area contributed by atoms with Crippen molar-refractivity contribution >= 4 is 28.8 Å². The molecule has 5 heteroatoms. The van der Waals surface area contributed by atoms with Crippen LogP contribution < -0.4 is 0 Å².